The molecule has 0 unspecified atom stereocenters. The van der Waals surface area contributed by atoms with Gasteiger partial charge in [-0.15, -0.1) is 0 Å². The SMILES string of the molecule is Cc1nc(-c2cccc(NC(=O)Cc3c(F)cccc3Cl)c2)no1. The van der Waals surface area contributed by atoms with Gasteiger partial charge in [0.15, 0.2) is 0 Å². The molecular weight excluding hydrogens is 333 g/mol. The van der Waals surface area contributed by atoms with Gasteiger partial charge in [-0.25, -0.2) is 4.39 Å². The molecule has 0 fully saturated rings. The third-order valence-electron chi connectivity index (χ3n) is 3.33. The van der Waals surface area contributed by atoms with E-state index < -0.39 is 5.82 Å². The number of nitrogens with one attached hydrogen (secondary N) is 1. The molecule has 0 spiro atoms. The molecule has 1 N–H and O–H groups in total. The van der Waals surface area contributed by atoms with Crippen molar-refractivity contribution < 1.29 is 13.7 Å². The van der Waals surface area contributed by atoms with Gasteiger partial charge in [0, 0.05) is 28.8 Å². The molecule has 7 heteroatoms. The number of halogens is 2. The maximum atomic E-state index is 13.7. The van der Waals surface area contributed by atoms with Crippen LogP contribution in [0.3, 0.4) is 0 Å². The molecule has 3 aromatic rings. The summed E-state index contributed by atoms with van der Waals surface area (Å²) < 4.78 is 18.7. The highest BCUT2D eigenvalue weighted by Gasteiger charge is 2.13. The summed E-state index contributed by atoms with van der Waals surface area (Å²) in [7, 11) is 0. The summed E-state index contributed by atoms with van der Waals surface area (Å²) in [5, 5.41) is 6.77. The van der Waals surface area contributed by atoms with Crippen LogP contribution >= 0.6 is 11.6 Å². The third-order valence-corrected chi connectivity index (χ3v) is 3.69. The Bertz CT molecular complexity index is 875. The Morgan fingerprint density at radius 1 is 1.29 bits per heavy atom. The lowest BCUT2D eigenvalue weighted by Crippen LogP contribution is -2.15. The fourth-order valence-corrected chi connectivity index (χ4v) is 2.45. The van der Waals surface area contributed by atoms with E-state index in [1.165, 1.54) is 12.1 Å². The van der Waals surface area contributed by atoms with Gasteiger partial charge in [0.2, 0.25) is 17.6 Å². The van der Waals surface area contributed by atoms with Crippen LogP contribution < -0.4 is 5.32 Å². The van der Waals surface area contributed by atoms with Crippen LogP contribution in [-0.4, -0.2) is 16.0 Å². The molecule has 3 rings (SSSR count). The Morgan fingerprint density at radius 3 is 2.79 bits per heavy atom. The topological polar surface area (TPSA) is 68.0 Å². The number of carbonyl (C=O) groups is 1. The summed E-state index contributed by atoms with van der Waals surface area (Å²) in [6.45, 7) is 1.69. The Labute approximate surface area is 142 Å². The number of carbonyl (C=O) groups excluding carboxylic acids is 1. The molecule has 0 saturated heterocycles. The van der Waals surface area contributed by atoms with E-state index in [-0.39, 0.29) is 22.9 Å². The fraction of sp³-hybridized carbons (Fsp3) is 0.118. The number of benzene rings is 2. The second kappa shape index (κ2) is 6.80. The lowest BCUT2D eigenvalue weighted by molar-refractivity contribution is -0.115. The standard InChI is InChI=1S/C17H13ClFN3O2/c1-10-20-17(22-24-10)11-4-2-5-12(8-11)21-16(23)9-13-14(18)6-3-7-15(13)19/h2-8H,9H2,1H3,(H,21,23). The van der Waals surface area contributed by atoms with Crippen LogP contribution in [0.2, 0.25) is 5.02 Å². The molecule has 0 aliphatic carbocycles. The van der Waals surface area contributed by atoms with Gasteiger partial charge in [-0.05, 0) is 24.3 Å². The average molecular weight is 346 g/mol. The maximum Gasteiger partial charge on any atom is 0.228 e. The van der Waals surface area contributed by atoms with Crippen LogP contribution in [0.1, 0.15) is 11.5 Å². The number of aryl methyl sites for hydroxylation is 1. The minimum atomic E-state index is -0.506. The highest BCUT2D eigenvalue weighted by atomic mass is 35.5. The molecule has 0 saturated carbocycles. The van der Waals surface area contributed by atoms with Crippen molar-refractivity contribution in [2.75, 3.05) is 5.32 Å². The summed E-state index contributed by atoms with van der Waals surface area (Å²) >= 11 is 5.94. The Kier molecular flexibility index (Phi) is 4.57. The first kappa shape index (κ1) is 16.1. The highest BCUT2D eigenvalue weighted by Crippen LogP contribution is 2.22. The first-order chi connectivity index (χ1) is 11.5. The molecule has 0 radical (unpaired) electrons. The summed E-state index contributed by atoms with van der Waals surface area (Å²) in [5.41, 5.74) is 1.42. The third kappa shape index (κ3) is 3.60. The van der Waals surface area contributed by atoms with E-state index in [1.807, 2.05) is 0 Å². The van der Waals surface area contributed by atoms with Crippen LogP contribution in [0.25, 0.3) is 11.4 Å². The van der Waals surface area contributed by atoms with E-state index in [9.17, 15) is 9.18 Å². The zero-order valence-electron chi connectivity index (χ0n) is 12.7. The second-order valence-electron chi connectivity index (χ2n) is 5.14. The number of hydrogen-bond acceptors (Lipinski definition) is 4. The summed E-state index contributed by atoms with van der Waals surface area (Å²) in [6, 6.07) is 11.3. The monoisotopic (exact) mass is 345 g/mol. The smallest absolute Gasteiger partial charge is 0.228 e. The van der Waals surface area contributed by atoms with E-state index in [1.54, 1.807) is 37.3 Å². The first-order valence-electron chi connectivity index (χ1n) is 7.16. The van der Waals surface area contributed by atoms with E-state index in [4.69, 9.17) is 16.1 Å². The Morgan fingerprint density at radius 2 is 2.08 bits per heavy atom. The van der Waals surface area contributed by atoms with E-state index >= 15 is 0 Å². The normalized spacial score (nSPS) is 10.6. The van der Waals surface area contributed by atoms with Crippen molar-refractivity contribution in [1.29, 1.82) is 0 Å². The van der Waals surface area contributed by atoms with Gasteiger partial charge in [0.25, 0.3) is 0 Å². The maximum absolute atomic E-state index is 13.7. The molecular formula is C17H13ClFN3O2. The van der Waals surface area contributed by atoms with Crippen molar-refractivity contribution in [3.63, 3.8) is 0 Å². The lowest BCUT2D eigenvalue weighted by atomic mass is 10.1. The number of hydrogen-bond donors (Lipinski definition) is 1. The van der Waals surface area contributed by atoms with Crippen molar-refractivity contribution >= 4 is 23.2 Å². The van der Waals surface area contributed by atoms with Crippen LogP contribution in [0, 0.1) is 12.7 Å². The molecule has 0 bridgehead atoms. The quantitative estimate of drug-likeness (QED) is 0.775. The van der Waals surface area contributed by atoms with Gasteiger partial charge in [-0.2, -0.15) is 4.98 Å². The predicted octanol–water partition coefficient (Wildman–Crippen LogP) is 4.02. The molecule has 122 valence electrons. The molecule has 24 heavy (non-hydrogen) atoms. The number of anilines is 1. The number of rotatable bonds is 4. The van der Waals surface area contributed by atoms with Gasteiger partial charge in [0.05, 0.1) is 6.42 Å². The zero-order chi connectivity index (χ0) is 17.1. The average Bonchev–Trinajstić information content (AvgIpc) is 2.98. The van der Waals surface area contributed by atoms with E-state index in [0.29, 0.717) is 23.0 Å². The molecule has 1 aromatic heterocycles. The second-order valence-corrected chi connectivity index (χ2v) is 5.55. The van der Waals surface area contributed by atoms with Crippen LogP contribution in [0.4, 0.5) is 10.1 Å². The van der Waals surface area contributed by atoms with Crippen molar-refractivity contribution in [1.82, 2.24) is 10.1 Å². The van der Waals surface area contributed by atoms with Crippen molar-refractivity contribution in [3.05, 3.63) is 64.8 Å². The molecule has 1 amide bonds. The van der Waals surface area contributed by atoms with E-state index in [2.05, 4.69) is 15.5 Å². The number of amides is 1. The van der Waals surface area contributed by atoms with Crippen LogP contribution in [0.15, 0.2) is 47.0 Å². The molecule has 1 heterocycles. The predicted molar refractivity (Wildman–Crippen MR) is 88.2 cm³/mol. The van der Waals surface area contributed by atoms with Crippen LogP contribution in [0.5, 0.6) is 0 Å². The molecule has 2 aromatic carbocycles. The van der Waals surface area contributed by atoms with Crippen molar-refractivity contribution in [2.45, 2.75) is 13.3 Å². The molecule has 0 atom stereocenters. The minimum absolute atomic E-state index is 0.156. The van der Waals surface area contributed by atoms with E-state index in [0.717, 1.165) is 0 Å². The zero-order valence-corrected chi connectivity index (χ0v) is 13.5. The fourth-order valence-electron chi connectivity index (χ4n) is 2.22. The molecule has 0 aliphatic heterocycles. The van der Waals surface area contributed by atoms with Crippen LogP contribution in [-0.2, 0) is 11.2 Å². The minimum Gasteiger partial charge on any atom is -0.339 e. The van der Waals surface area contributed by atoms with Crippen molar-refractivity contribution in [2.24, 2.45) is 0 Å². The first-order valence-corrected chi connectivity index (χ1v) is 7.54. The van der Waals surface area contributed by atoms with Gasteiger partial charge in [0.1, 0.15) is 5.82 Å². The highest BCUT2D eigenvalue weighted by molar-refractivity contribution is 6.31. The summed E-state index contributed by atoms with van der Waals surface area (Å²) in [5.74, 6) is 0.00601. The van der Waals surface area contributed by atoms with Gasteiger partial charge in [-0.3, -0.25) is 4.79 Å². The van der Waals surface area contributed by atoms with Crippen molar-refractivity contribution in [3.8, 4) is 11.4 Å². The number of nitrogens with zero attached hydrogens (tertiary/aromatic N) is 2. The van der Waals surface area contributed by atoms with Gasteiger partial charge in [-0.1, -0.05) is 35.0 Å². The summed E-state index contributed by atoms with van der Waals surface area (Å²) in [4.78, 5) is 16.3. The Hall–Kier alpha value is -2.73. The summed E-state index contributed by atoms with van der Waals surface area (Å²) in [6.07, 6.45) is -0.156. The Balaban J connectivity index is 1.75. The van der Waals surface area contributed by atoms with Gasteiger partial charge < -0.3 is 9.84 Å². The van der Waals surface area contributed by atoms with Gasteiger partial charge >= 0.3 is 0 Å². The lowest BCUT2D eigenvalue weighted by Gasteiger charge is -2.08. The molecule has 5 nitrogen and oxygen atoms in total. The number of aromatic nitrogens is 2. The molecule has 0 aliphatic rings. The largest absolute Gasteiger partial charge is 0.339 e.